The van der Waals surface area contributed by atoms with Crippen molar-refractivity contribution in [3.05, 3.63) is 35.2 Å². The van der Waals surface area contributed by atoms with Crippen LogP contribution in [0.4, 0.5) is 0 Å². The molecule has 1 aliphatic heterocycles. The van der Waals surface area contributed by atoms with Gasteiger partial charge in [-0.15, -0.1) is 0 Å². The molecule has 4 rings (SSSR count). The number of pyridine rings is 1. The number of fused-ring (bicyclic) bond motifs is 3. The van der Waals surface area contributed by atoms with Crippen LogP contribution in [0.25, 0.3) is 6.08 Å². The Labute approximate surface area is 163 Å². The van der Waals surface area contributed by atoms with Crippen molar-refractivity contribution in [2.75, 3.05) is 13.1 Å². The van der Waals surface area contributed by atoms with Gasteiger partial charge in [0.05, 0.1) is 12.2 Å². The van der Waals surface area contributed by atoms with Crippen molar-refractivity contribution < 1.29 is 11.0 Å². The van der Waals surface area contributed by atoms with E-state index in [1.165, 1.54) is 0 Å². The van der Waals surface area contributed by atoms with E-state index in [2.05, 4.69) is 30.2 Å². The molecule has 2 fully saturated rings. The standard InChI is InChI=1S/C20H25N3O2.C2H6.H2/c1-12(2)17-4-3-9-23(17)18(24)11-22-20(25)15-7-8-21-19-14(15)6-5-13-10-16(13)19;1-2;/h5-8,12-13,16-17H,3-4,9-11H2,1-2H3,(H,22,25);1-2H3;1H. The number of rotatable bonds is 4. The highest BCUT2D eigenvalue weighted by atomic mass is 16.2. The summed E-state index contributed by atoms with van der Waals surface area (Å²) in [6, 6.07) is 2.05. The van der Waals surface area contributed by atoms with Gasteiger partial charge < -0.3 is 10.2 Å². The van der Waals surface area contributed by atoms with Gasteiger partial charge in [-0.3, -0.25) is 14.6 Å². The molecule has 1 aromatic heterocycles. The normalized spacial score (nSPS) is 24.6. The molecule has 5 nitrogen and oxygen atoms in total. The van der Waals surface area contributed by atoms with E-state index in [1.807, 2.05) is 24.8 Å². The Balaban J connectivity index is 0.000000906. The highest BCUT2D eigenvalue weighted by molar-refractivity contribution is 6.00. The van der Waals surface area contributed by atoms with E-state index < -0.39 is 0 Å². The Morgan fingerprint density at radius 1 is 1.37 bits per heavy atom. The summed E-state index contributed by atoms with van der Waals surface area (Å²) in [7, 11) is 0. The molecule has 5 heteroatoms. The predicted octanol–water partition coefficient (Wildman–Crippen LogP) is 3.86. The second kappa shape index (κ2) is 8.24. The molecular weight excluding hydrogens is 338 g/mol. The van der Waals surface area contributed by atoms with Crippen molar-refractivity contribution in [1.29, 1.82) is 0 Å². The zero-order chi connectivity index (χ0) is 19.6. The fraction of sp³-hybridized carbons (Fsp3) is 0.591. The second-order valence-electron chi connectivity index (χ2n) is 7.75. The largest absolute Gasteiger partial charge is 0.343 e. The molecule has 0 bridgehead atoms. The summed E-state index contributed by atoms with van der Waals surface area (Å²) in [5, 5.41) is 2.82. The number of nitrogens with zero attached hydrogens (tertiary/aromatic N) is 2. The zero-order valence-electron chi connectivity index (χ0n) is 16.9. The number of carbonyl (C=O) groups excluding carboxylic acids is 2. The summed E-state index contributed by atoms with van der Waals surface area (Å²) in [6.07, 6.45) is 9.14. The lowest BCUT2D eigenvalue weighted by molar-refractivity contribution is -0.131. The predicted molar refractivity (Wildman–Crippen MR) is 109 cm³/mol. The number of hydrogen-bond acceptors (Lipinski definition) is 3. The average Bonchev–Trinajstić information content (AvgIpc) is 3.33. The Hall–Kier alpha value is -2.17. The smallest absolute Gasteiger partial charge is 0.252 e. The van der Waals surface area contributed by atoms with Gasteiger partial charge in [-0.05, 0) is 37.2 Å². The summed E-state index contributed by atoms with van der Waals surface area (Å²) >= 11 is 0. The lowest BCUT2D eigenvalue weighted by Crippen LogP contribution is -2.44. The Bertz CT molecular complexity index is 747. The number of nitrogens with one attached hydrogen (secondary N) is 1. The van der Waals surface area contributed by atoms with Crippen LogP contribution in [-0.4, -0.2) is 40.8 Å². The quantitative estimate of drug-likeness (QED) is 0.874. The summed E-state index contributed by atoms with van der Waals surface area (Å²) in [4.78, 5) is 31.6. The highest BCUT2D eigenvalue weighted by Crippen LogP contribution is 2.52. The lowest BCUT2D eigenvalue weighted by atomic mass is 9.97. The number of carbonyl (C=O) groups is 2. The van der Waals surface area contributed by atoms with Crippen molar-refractivity contribution >= 4 is 17.9 Å². The SMILES string of the molecule is CC.CC(C)C1CCCN1C(=O)CNC(=O)c1ccnc2c1C=CC1CC21.[HH]. The average molecular weight is 372 g/mol. The van der Waals surface area contributed by atoms with Crippen LogP contribution in [0.15, 0.2) is 18.3 Å². The first-order valence-electron chi connectivity index (χ1n) is 10.3. The molecule has 0 aromatic carbocycles. The molecule has 1 N–H and O–H groups in total. The van der Waals surface area contributed by atoms with Crippen LogP contribution in [0.2, 0.25) is 0 Å². The molecule has 2 aliphatic carbocycles. The second-order valence-corrected chi connectivity index (χ2v) is 7.75. The molecule has 3 aliphatic rings. The van der Waals surface area contributed by atoms with Crippen LogP contribution in [0, 0.1) is 11.8 Å². The van der Waals surface area contributed by atoms with Crippen LogP contribution < -0.4 is 5.32 Å². The first-order chi connectivity index (χ1) is 13.1. The van der Waals surface area contributed by atoms with Crippen molar-refractivity contribution in [2.45, 2.75) is 58.9 Å². The van der Waals surface area contributed by atoms with E-state index >= 15 is 0 Å². The third-order valence-electron chi connectivity index (χ3n) is 5.76. The molecule has 2 amide bonds. The molecule has 0 spiro atoms. The molecule has 1 saturated heterocycles. The first kappa shape index (κ1) is 19.6. The molecular formula is C22H33N3O2. The number of aromatic nitrogens is 1. The van der Waals surface area contributed by atoms with Gasteiger partial charge >= 0.3 is 0 Å². The Morgan fingerprint density at radius 2 is 2.15 bits per heavy atom. The first-order valence-corrected chi connectivity index (χ1v) is 10.3. The number of hydrogen-bond donors (Lipinski definition) is 1. The molecule has 1 saturated carbocycles. The lowest BCUT2D eigenvalue weighted by Gasteiger charge is -2.27. The minimum absolute atomic E-state index is 0. The van der Waals surface area contributed by atoms with Crippen molar-refractivity contribution in [3.8, 4) is 0 Å². The van der Waals surface area contributed by atoms with E-state index in [-0.39, 0.29) is 19.8 Å². The van der Waals surface area contributed by atoms with E-state index in [4.69, 9.17) is 0 Å². The Morgan fingerprint density at radius 3 is 2.89 bits per heavy atom. The van der Waals surface area contributed by atoms with Crippen molar-refractivity contribution in [3.63, 3.8) is 0 Å². The topological polar surface area (TPSA) is 62.3 Å². The number of allylic oxidation sites excluding steroid dienone is 1. The molecule has 1 aromatic rings. The van der Waals surface area contributed by atoms with Gasteiger partial charge in [0, 0.05) is 37.3 Å². The van der Waals surface area contributed by atoms with E-state index in [1.54, 1.807) is 12.3 Å². The highest BCUT2D eigenvalue weighted by Gasteiger charge is 2.41. The molecule has 27 heavy (non-hydrogen) atoms. The van der Waals surface area contributed by atoms with Gasteiger partial charge in [0.2, 0.25) is 5.91 Å². The van der Waals surface area contributed by atoms with E-state index in [0.717, 1.165) is 37.1 Å². The van der Waals surface area contributed by atoms with Gasteiger partial charge in [0.1, 0.15) is 0 Å². The molecule has 148 valence electrons. The summed E-state index contributed by atoms with van der Waals surface area (Å²) in [5.74, 6) is 1.36. The Kier molecular flexibility index (Phi) is 5.98. The van der Waals surface area contributed by atoms with Crippen LogP contribution >= 0.6 is 0 Å². The molecule has 2 heterocycles. The minimum atomic E-state index is -0.184. The maximum absolute atomic E-state index is 12.6. The third kappa shape index (κ3) is 3.92. The third-order valence-corrected chi connectivity index (χ3v) is 5.76. The summed E-state index contributed by atoms with van der Waals surface area (Å²) in [5.41, 5.74) is 2.58. The summed E-state index contributed by atoms with van der Waals surface area (Å²) in [6.45, 7) is 9.16. The number of amides is 2. The van der Waals surface area contributed by atoms with Crippen LogP contribution in [0.1, 0.15) is 75.9 Å². The van der Waals surface area contributed by atoms with E-state index in [0.29, 0.717) is 29.4 Å². The van der Waals surface area contributed by atoms with Crippen LogP contribution in [0.3, 0.4) is 0 Å². The minimum Gasteiger partial charge on any atom is -0.343 e. The number of likely N-dealkylation sites (tertiary alicyclic amines) is 1. The van der Waals surface area contributed by atoms with Gasteiger partial charge in [-0.2, -0.15) is 0 Å². The monoisotopic (exact) mass is 371 g/mol. The van der Waals surface area contributed by atoms with Crippen molar-refractivity contribution in [1.82, 2.24) is 15.2 Å². The maximum Gasteiger partial charge on any atom is 0.252 e. The maximum atomic E-state index is 12.6. The van der Waals surface area contributed by atoms with E-state index in [9.17, 15) is 9.59 Å². The van der Waals surface area contributed by atoms with Gasteiger partial charge in [-0.25, -0.2) is 0 Å². The van der Waals surface area contributed by atoms with Crippen LogP contribution in [-0.2, 0) is 4.79 Å². The van der Waals surface area contributed by atoms with Gasteiger partial charge in [0.25, 0.3) is 5.91 Å². The van der Waals surface area contributed by atoms with Crippen molar-refractivity contribution in [2.24, 2.45) is 11.8 Å². The summed E-state index contributed by atoms with van der Waals surface area (Å²) < 4.78 is 0. The molecule has 3 atom stereocenters. The molecule has 0 radical (unpaired) electrons. The fourth-order valence-corrected chi connectivity index (χ4v) is 4.27. The zero-order valence-corrected chi connectivity index (χ0v) is 16.9. The van der Waals surface area contributed by atoms with Crippen LogP contribution in [0.5, 0.6) is 0 Å². The molecule has 3 unspecified atom stereocenters. The fourth-order valence-electron chi connectivity index (χ4n) is 4.27. The van der Waals surface area contributed by atoms with Gasteiger partial charge in [-0.1, -0.05) is 39.8 Å². The van der Waals surface area contributed by atoms with Gasteiger partial charge in [0.15, 0.2) is 0 Å².